The predicted octanol–water partition coefficient (Wildman–Crippen LogP) is 3.61. The van der Waals surface area contributed by atoms with Crippen molar-refractivity contribution in [2.24, 2.45) is 0 Å². The SMILES string of the molecule is CNC(CCCC1CCCO1)c1cc(C)ccc1OC. The van der Waals surface area contributed by atoms with Crippen molar-refractivity contribution < 1.29 is 9.47 Å². The summed E-state index contributed by atoms with van der Waals surface area (Å²) in [6, 6.07) is 6.74. The molecule has 0 bridgehead atoms. The van der Waals surface area contributed by atoms with Crippen LogP contribution < -0.4 is 10.1 Å². The molecule has 1 aromatic carbocycles. The number of hydrogen-bond acceptors (Lipinski definition) is 3. The van der Waals surface area contributed by atoms with Crippen LogP contribution in [0, 0.1) is 6.92 Å². The van der Waals surface area contributed by atoms with Crippen molar-refractivity contribution in [3.63, 3.8) is 0 Å². The number of aryl methyl sites for hydroxylation is 1. The molecule has 1 saturated heterocycles. The second-order valence-corrected chi connectivity index (χ2v) is 5.65. The Bertz CT molecular complexity index is 413. The summed E-state index contributed by atoms with van der Waals surface area (Å²) in [6.07, 6.45) is 6.44. The maximum atomic E-state index is 5.69. The summed E-state index contributed by atoms with van der Waals surface area (Å²) >= 11 is 0. The Morgan fingerprint density at radius 1 is 1.45 bits per heavy atom. The van der Waals surface area contributed by atoms with E-state index in [4.69, 9.17) is 9.47 Å². The van der Waals surface area contributed by atoms with Crippen molar-refractivity contribution in [1.29, 1.82) is 0 Å². The van der Waals surface area contributed by atoms with Crippen LogP contribution >= 0.6 is 0 Å². The highest BCUT2D eigenvalue weighted by molar-refractivity contribution is 5.39. The number of benzene rings is 1. The van der Waals surface area contributed by atoms with Crippen molar-refractivity contribution in [3.05, 3.63) is 29.3 Å². The van der Waals surface area contributed by atoms with Gasteiger partial charge < -0.3 is 14.8 Å². The molecule has 0 amide bonds. The molecule has 0 radical (unpaired) electrons. The number of methoxy groups -OCH3 is 1. The fraction of sp³-hybridized carbons (Fsp3) is 0.647. The molecule has 0 saturated carbocycles. The number of rotatable bonds is 7. The molecular formula is C17H27NO2. The van der Waals surface area contributed by atoms with Gasteiger partial charge in [0.2, 0.25) is 0 Å². The van der Waals surface area contributed by atoms with E-state index in [0.29, 0.717) is 12.1 Å². The average Bonchev–Trinajstić information content (AvgIpc) is 2.97. The first kappa shape index (κ1) is 15.3. The van der Waals surface area contributed by atoms with E-state index >= 15 is 0 Å². The van der Waals surface area contributed by atoms with E-state index < -0.39 is 0 Å². The quantitative estimate of drug-likeness (QED) is 0.826. The van der Waals surface area contributed by atoms with Crippen LogP contribution in [0.25, 0.3) is 0 Å². The lowest BCUT2D eigenvalue weighted by molar-refractivity contribution is 0.101. The normalized spacial score (nSPS) is 20.1. The molecule has 3 heteroatoms. The fourth-order valence-electron chi connectivity index (χ4n) is 3.00. The van der Waals surface area contributed by atoms with Gasteiger partial charge in [-0.25, -0.2) is 0 Å². The summed E-state index contributed by atoms with van der Waals surface area (Å²) in [6.45, 7) is 3.08. The largest absolute Gasteiger partial charge is 0.496 e. The van der Waals surface area contributed by atoms with Crippen LogP contribution in [0.5, 0.6) is 5.75 Å². The molecule has 0 aromatic heterocycles. The Kier molecular flexibility index (Phi) is 5.86. The van der Waals surface area contributed by atoms with Crippen molar-refractivity contribution in [3.8, 4) is 5.75 Å². The summed E-state index contributed by atoms with van der Waals surface area (Å²) in [4.78, 5) is 0. The standard InChI is InChI=1S/C17H27NO2/c1-13-9-10-17(19-3)15(12-13)16(18-2)8-4-6-14-7-5-11-20-14/h9-10,12,14,16,18H,4-8,11H2,1-3H3. The van der Waals surface area contributed by atoms with Crippen LogP contribution in [0.2, 0.25) is 0 Å². The zero-order chi connectivity index (χ0) is 14.4. The first-order chi connectivity index (χ1) is 9.74. The molecule has 3 nitrogen and oxygen atoms in total. The topological polar surface area (TPSA) is 30.5 Å². The highest BCUT2D eigenvalue weighted by Gasteiger charge is 2.18. The molecular weight excluding hydrogens is 250 g/mol. The average molecular weight is 277 g/mol. The van der Waals surface area contributed by atoms with Crippen LogP contribution in [0.4, 0.5) is 0 Å². The van der Waals surface area contributed by atoms with Gasteiger partial charge in [0, 0.05) is 18.2 Å². The van der Waals surface area contributed by atoms with Gasteiger partial charge in [0.05, 0.1) is 13.2 Å². The van der Waals surface area contributed by atoms with Gasteiger partial charge in [-0.1, -0.05) is 17.7 Å². The van der Waals surface area contributed by atoms with Crippen LogP contribution in [0.3, 0.4) is 0 Å². The van der Waals surface area contributed by atoms with Crippen LogP contribution in [0.1, 0.15) is 49.3 Å². The number of nitrogens with one attached hydrogen (secondary N) is 1. The molecule has 1 heterocycles. The van der Waals surface area contributed by atoms with E-state index in [-0.39, 0.29) is 0 Å². The molecule has 0 spiro atoms. The van der Waals surface area contributed by atoms with Gasteiger partial charge in [0.1, 0.15) is 5.75 Å². The van der Waals surface area contributed by atoms with Crippen molar-refractivity contribution >= 4 is 0 Å². The molecule has 20 heavy (non-hydrogen) atoms. The predicted molar refractivity (Wildman–Crippen MR) is 82.4 cm³/mol. The van der Waals surface area contributed by atoms with Gasteiger partial charge in [0.15, 0.2) is 0 Å². The second kappa shape index (κ2) is 7.65. The molecule has 1 aliphatic heterocycles. The molecule has 2 unspecified atom stereocenters. The van der Waals surface area contributed by atoms with E-state index in [1.165, 1.54) is 36.8 Å². The summed E-state index contributed by atoms with van der Waals surface area (Å²) in [7, 11) is 3.77. The fourth-order valence-corrected chi connectivity index (χ4v) is 3.00. The number of ether oxygens (including phenoxy) is 2. The Morgan fingerprint density at radius 3 is 2.95 bits per heavy atom. The van der Waals surface area contributed by atoms with E-state index in [0.717, 1.165) is 18.8 Å². The minimum absolute atomic E-state index is 0.353. The van der Waals surface area contributed by atoms with Gasteiger partial charge in [0.25, 0.3) is 0 Å². The van der Waals surface area contributed by atoms with Crippen LogP contribution in [-0.2, 0) is 4.74 Å². The van der Waals surface area contributed by atoms with E-state index in [9.17, 15) is 0 Å². The lowest BCUT2D eigenvalue weighted by Crippen LogP contribution is -2.18. The Hall–Kier alpha value is -1.06. The molecule has 2 rings (SSSR count). The van der Waals surface area contributed by atoms with E-state index in [1.54, 1.807) is 7.11 Å². The van der Waals surface area contributed by atoms with Gasteiger partial charge in [-0.3, -0.25) is 0 Å². The smallest absolute Gasteiger partial charge is 0.123 e. The third-order valence-corrected chi connectivity index (χ3v) is 4.15. The minimum Gasteiger partial charge on any atom is -0.496 e. The first-order valence-corrected chi connectivity index (χ1v) is 7.68. The third-order valence-electron chi connectivity index (χ3n) is 4.15. The monoisotopic (exact) mass is 277 g/mol. The van der Waals surface area contributed by atoms with Crippen molar-refractivity contribution in [1.82, 2.24) is 5.32 Å². The summed E-state index contributed by atoms with van der Waals surface area (Å²) < 4.78 is 11.2. The highest BCUT2D eigenvalue weighted by Crippen LogP contribution is 2.30. The first-order valence-electron chi connectivity index (χ1n) is 7.68. The zero-order valence-electron chi connectivity index (χ0n) is 12.9. The summed E-state index contributed by atoms with van der Waals surface area (Å²) in [5, 5.41) is 3.42. The molecule has 1 aliphatic rings. The minimum atomic E-state index is 0.353. The van der Waals surface area contributed by atoms with Crippen LogP contribution in [-0.4, -0.2) is 26.9 Å². The Morgan fingerprint density at radius 2 is 2.30 bits per heavy atom. The van der Waals surface area contributed by atoms with E-state index in [2.05, 4.69) is 30.4 Å². The Labute approximate surface area is 122 Å². The van der Waals surface area contributed by atoms with Gasteiger partial charge in [-0.15, -0.1) is 0 Å². The molecule has 1 fully saturated rings. The molecule has 1 aromatic rings. The zero-order valence-corrected chi connectivity index (χ0v) is 12.9. The maximum absolute atomic E-state index is 5.69. The third kappa shape index (κ3) is 3.97. The van der Waals surface area contributed by atoms with Crippen molar-refractivity contribution in [2.75, 3.05) is 20.8 Å². The molecule has 1 N–H and O–H groups in total. The molecule has 112 valence electrons. The van der Waals surface area contributed by atoms with Gasteiger partial charge in [-0.2, -0.15) is 0 Å². The molecule has 0 aliphatic carbocycles. The molecule has 2 atom stereocenters. The number of hydrogen-bond donors (Lipinski definition) is 1. The second-order valence-electron chi connectivity index (χ2n) is 5.65. The lowest BCUT2D eigenvalue weighted by Gasteiger charge is -2.20. The highest BCUT2D eigenvalue weighted by atomic mass is 16.5. The Balaban J connectivity index is 1.94. The lowest BCUT2D eigenvalue weighted by atomic mass is 9.97. The summed E-state index contributed by atoms with van der Waals surface area (Å²) in [5.41, 5.74) is 2.54. The van der Waals surface area contributed by atoms with Crippen molar-refractivity contribution in [2.45, 2.75) is 51.2 Å². The summed E-state index contributed by atoms with van der Waals surface area (Å²) in [5.74, 6) is 0.979. The van der Waals surface area contributed by atoms with Gasteiger partial charge >= 0.3 is 0 Å². The van der Waals surface area contributed by atoms with E-state index in [1.807, 2.05) is 7.05 Å². The van der Waals surface area contributed by atoms with Crippen LogP contribution in [0.15, 0.2) is 18.2 Å². The van der Waals surface area contributed by atoms with Gasteiger partial charge in [-0.05, 0) is 52.1 Å². The maximum Gasteiger partial charge on any atom is 0.123 e.